The largest absolute Gasteiger partial charge is 0.490 e. The molecule has 0 aliphatic heterocycles. The molecule has 5 heteroatoms. The van der Waals surface area contributed by atoms with Gasteiger partial charge in [-0.15, -0.1) is 0 Å². The first-order valence-electron chi connectivity index (χ1n) is 5.31. The van der Waals surface area contributed by atoms with E-state index >= 15 is 0 Å². The minimum Gasteiger partial charge on any atom is -0.490 e. The fourth-order valence-corrected chi connectivity index (χ4v) is 1.45. The smallest absolute Gasteiger partial charge is 0.198 e. The van der Waals surface area contributed by atoms with Crippen LogP contribution in [0.1, 0.15) is 25.0 Å². The number of nitrogens with zero attached hydrogens (tertiary/aromatic N) is 1. The van der Waals surface area contributed by atoms with Crippen molar-refractivity contribution in [1.29, 1.82) is 5.26 Å². The number of nitriles is 1. The summed E-state index contributed by atoms with van der Waals surface area (Å²) in [5, 5.41) is 17.9. The van der Waals surface area contributed by atoms with Crippen molar-refractivity contribution in [3.63, 3.8) is 0 Å². The maximum Gasteiger partial charge on any atom is 0.198 e. The average Bonchev–Trinajstić information content (AvgIpc) is 2.33. The number of hydrogen-bond acceptors (Lipinski definition) is 4. The summed E-state index contributed by atoms with van der Waals surface area (Å²) in [6.07, 6.45) is 0. The Labute approximate surface area is 99.2 Å². The molecule has 1 N–H and O–H groups in total. The summed E-state index contributed by atoms with van der Waals surface area (Å²) in [4.78, 5) is 0. The van der Waals surface area contributed by atoms with Gasteiger partial charge in [0.1, 0.15) is 6.07 Å². The second-order valence-electron chi connectivity index (χ2n) is 3.19. The van der Waals surface area contributed by atoms with Gasteiger partial charge in [0.25, 0.3) is 0 Å². The van der Waals surface area contributed by atoms with E-state index in [0.29, 0.717) is 6.61 Å². The lowest BCUT2D eigenvalue weighted by molar-refractivity contribution is 0.265. The van der Waals surface area contributed by atoms with Gasteiger partial charge in [0, 0.05) is 5.56 Å². The van der Waals surface area contributed by atoms with Crippen LogP contribution in [0.15, 0.2) is 6.07 Å². The third-order valence-electron chi connectivity index (χ3n) is 2.14. The molecule has 0 heterocycles. The molecule has 0 amide bonds. The van der Waals surface area contributed by atoms with Crippen LogP contribution in [-0.4, -0.2) is 18.3 Å². The monoisotopic (exact) mass is 239 g/mol. The van der Waals surface area contributed by atoms with E-state index in [1.54, 1.807) is 19.9 Å². The molecule has 92 valence electrons. The highest BCUT2D eigenvalue weighted by Crippen LogP contribution is 2.35. The minimum absolute atomic E-state index is 0.0805. The molecule has 0 bridgehead atoms. The van der Waals surface area contributed by atoms with Gasteiger partial charge in [0.2, 0.25) is 0 Å². The van der Waals surface area contributed by atoms with Crippen LogP contribution < -0.4 is 9.47 Å². The van der Waals surface area contributed by atoms with Gasteiger partial charge >= 0.3 is 0 Å². The van der Waals surface area contributed by atoms with Crippen molar-refractivity contribution in [1.82, 2.24) is 0 Å². The summed E-state index contributed by atoms with van der Waals surface area (Å²) in [7, 11) is 0. The highest BCUT2D eigenvalue weighted by Gasteiger charge is 2.19. The second kappa shape index (κ2) is 6.06. The highest BCUT2D eigenvalue weighted by molar-refractivity contribution is 5.53. The Morgan fingerprint density at radius 3 is 2.47 bits per heavy atom. The van der Waals surface area contributed by atoms with Crippen molar-refractivity contribution >= 4 is 0 Å². The maximum atomic E-state index is 14.0. The lowest BCUT2D eigenvalue weighted by Gasteiger charge is -2.14. The van der Waals surface area contributed by atoms with Gasteiger partial charge < -0.3 is 14.6 Å². The van der Waals surface area contributed by atoms with Crippen molar-refractivity contribution in [2.45, 2.75) is 20.5 Å². The summed E-state index contributed by atoms with van der Waals surface area (Å²) in [5.74, 6) is -0.664. The van der Waals surface area contributed by atoms with Gasteiger partial charge in [-0.3, -0.25) is 0 Å². The zero-order chi connectivity index (χ0) is 12.8. The fourth-order valence-electron chi connectivity index (χ4n) is 1.45. The molecule has 0 spiro atoms. The molecule has 0 atom stereocenters. The van der Waals surface area contributed by atoms with Crippen molar-refractivity contribution in [3.8, 4) is 17.6 Å². The summed E-state index contributed by atoms with van der Waals surface area (Å²) < 4.78 is 24.3. The lowest BCUT2D eigenvalue weighted by Crippen LogP contribution is -2.05. The predicted octanol–water partition coefficient (Wildman–Crippen LogP) is 1.99. The molecule has 4 nitrogen and oxygen atoms in total. The van der Waals surface area contributed by atoms with E-state index in [1.165, 1.54) is 6.07 Å². The van der Waals surface area contributed by atoms with Crippen LogP contribution in [0.4, 0.5) is 4.39 Å². The van der Waals surface area contributed by atoms with Crippen molar-refractivity contribution in [2.75, 3.05) is 13.2 Å². The molecule has 0 fully saturated rings. The van der Waals surface area contributed by atoms with E-state index in [0.717, 1.165) is 0 Å². The van der Waals surface area contributed by atoms with E-state index in [9.17, 15) is 4.39 Å². The Hall–Kier alpha value is -1.80. The second-order valence-corrected chi connectivity index (χ2v) is 3.19. The van der Waals surface area contributed by atoms with E-state index in [2.05, 4.69) is 0 Å². The third-order valence-corrected chi connectivity index (χ3v) is 2.14. The van der Waals surface area contributed by atoms with Crippen LogP contribution in [0.2, 0.25) is 0 Å². The number of hydrogen-bond donors (Lipinski definition) is 1. The molecular weight excluding hydrogens is 225 g/mol. The summed E-state index contributed by atoms with van der Waals surface area (Å²) in [6, 6.07) is 3.14. The van der Waals surface area contributed by atoms with Gasteiger partial charge in [0.15, 0.2) is 17.3 Å². The minimum atomic E-state index is -0.788. The molecule has 0 aliphatic carbocycles. The van der Waals surface area contributed by atoms with Crippen molar-refractivity contribution < 1.29 is 19.0 Å². The van der Waals surface area contributed by atoms with Gasteiger partial charge in [-0.1, -0.05) is 0 Å². The quantitative estimate of drug-likeness (QED) is 0.853. The fraction of sp³-hybridized carbons (Fsp3) is 0.417. The molecule has 17 heavy (non-hydrogen) atoms. The van der Waals surface area contributed by atoms with Crippen LogP contribution in [0, 0.1) is 17.1 Å². The highest BCUT2D eigenvalue weighted by atomic mass is 19.1. The van der Waals surface area contributed by atoms with E-state index in [4.69, 9.17) is 19.8 Å². The van der Waals surface area contributed by atoms with Crippen LogP contribution in [0.5, 0.6) is 11.5 Å². The maximum absolute atomic E-state index is 14.0. The first kappa shape index (κ1) is 13.3. The number of halogens is 1. The molecule has 0 saturated heterocycles. The van der Waals surface area contributed by atoms with Gasteiger partial charge in [0.05, 0.1) is 25.4 Å². The summed E-state index contributed by atoms with van der Waals surface area (Å²) in [6.45, 7) is 3.65. The molecule has 1 rings (SSSR count). The number of aliphatic hydroxyl groups is 1. The lowest BCUT2D eigenvalue weighted by atomic mass is 10.1. The standard InChI is InChI=1S/C12H14FNO3/c1-3-16-10-5-8(7-15)9(6-14)11(13)12(10)17-4-2/h5,15H,3-4,7H2,1-2H3. The molecule has 1 aromatic carbocycles. The average molecular weight is 239 g/mol. The topological polar surface area (TPSA) is 62.5 Å². The molecule has 0 aliphatic rings. The summed E-state index contributed by atoms with van der Waals surface area (Å²) >= 11 is 0. The van der Waals surface area contributed by atoms with Gasteiger partial charge in [-0.25, -0.2) is 4.39 Å². The zero-order valence-electron chi connectivity index (χ0n) is 9.79. The normalized spacial score (nSPS) is 9.82. The van der Waals surface area contributed by atoms with Crippen LogP contribution in [-0.2, 0) is 6.61 Å². The first-order valence-corrected chi connectivity index (χ1v) is 5.31. The third kappa shape index (κ3) is 2.66. The zero-order valence-corrected chi connectivity index (χ0v) is 9.79. The molecule has 0 unspecified atom stereocenters. The number of ether oxygens (including phenoxy) is 2. The van der Waals surface area contributed by atoms with Crippen LogP contribution in [0.3, 0.4) is 0 Å². The molecule has 0 radical (unpaired) electrons. The van der Waals surface area contributed by atoms with Crippen molar-refractivity contribution in [2.24, 2.45) is 0 Å². The molecule has 0 aromatic heterocycles. The van der Waals surface area contributed by atoms with Crippen LogP contribution >= 0.6 is 0 Å². The van der Waals surface area contributed by atoms with E-state index in [-0.39, 0.29) is 29.2 Å². The van der Waals surface area contributed by atoms with Gasteiger partial charge in [-0.05, 0) is 19.9 Å². The van der Waals surface area contributed by atoms with E-state index in [1.807, 2.05) is 0 Å². The Bertz CT molecular complexity index is 440. The first-order chi connectivity index (χ1) is 8.19. The molecular formula is C12H14FNO3. The van der Waals surface area contributed by atoms with E-state index < -0.39 is 12.4 Å². The Balaban J connectivity index is 3.39. The Morgan fingerprint density at radius 2 is 2.00 bits per heavy atom. The predicted molar refractivity (Wildman–Crippen MR) is 59.4 cm³/mol. The molecule has 0 saturated carbocycles. The molecule has 1 aromatic rings. The summed E-state index contributed by atoms with van der Waals surface area (Å²) in [5.41, 5.74) is -0.0173. The number of aliphatic hydroxyl groups excluding tert-OH is 1. The van der Waals surface area contributed by atoms with Crippen LogP contribution in [0.25, 0.3) is 0 Å². The number of rotatable bonds is 5. The Morgan fingerprint density at radius 1 is 1.35 bits per heavy atom. The SMILES string of the molecule is CCOc1cc(CO)c(C#N)c(F)c1OCC. The Kier molecular flexibility index (Phi) is 4.73. The number of benzene rings is 1. The van der Waals surface area contributed by atoms with Gasteiger partial charge in [-0.2, -0.15) is 5.26 Å². The van der Waals surface area contributed by atoms with Crippen molar-refractivity contribution in [3.05, 3.63) is 23.0 Å².